The molecule has 1 saturated heterocycles. The molecule has 0 aromatic heterocycles. The second kappa shape index (κ2) is 13.3. The first-order valence-corrected chi connectivity index (χ1v) is 13.4. The molecule has 0 bridgehead atoms. The Labute approximate surface area is 216 Å². The van der Waals surface area contributed by atoms with E-state index in [2.05, 4.69) is 10.6 Å². The Hall–Kier alpha value is -3.35. The number of benzene rings is 2. The van der Waals surface area contributed by atoms with Gasteiger partial charge in [-0.2, -0.15) is 0 Å². The maximum atomic E-state index is 13.2. The van der Waals surface area contributed by atoms with Gasteiger partial charge in [0, 0.05) is 25.4 Å². The summed E-state index contributed by atoms with van der Waals surface area (Å²) in [5.74, 6) is 0.151. The summed E-state index contributed by atoms with van der Waals surface area (Å²) >= 11 is 0. The molecule has 202 valence electrons. The highest BCUT2D eigenvalue weighted by atomic mass is 32.2. The summed E-state index contributed by atoms with van der Waals surface area (Å²) < 4.78 is 40.7. The molecule has 0 unspecified atom stereocenters. The van der Waals surface area contributed by atoms with Crippen molar-refractivity contribution in [2.75, 3.05) is 45.3 Å². The highest BCUT2D eigenvalue weighted by Gasteiger charge is 2.52. The summed E-state index contributed by atoms with van der Waals surface area (Å²) in [7, 11) is -2.48. The Morgan fingerprint density at radius 2 is 1.65 bits per heavy atom. The number of nitrogens with one attached hydrogen (secondary N) is 3. The number of methoxy groups -OCH3 is 1. The van der Waals surface area contributed by atoms with E-state index in [9.17, 15) is 18.0 Å². The van der Waals surface area contributed by atoms with Crippen LogP contribution in [0.25, 0.3) is 0 Å². The maximum Gasteiger partial charge on any atom is 0.265 e. The van der Waals surface area contributed by atoms with Crippen LogP contribution in [0.2, 0.25) is 0 Å². The minimum absolute atomic E-state index is 0.0312. The van der Waals surface area contributed by atoms with Crippen LogP contribution in [-0.4, -0.2) is 70.2 Å². The second-order valence-corrected chi connectivity index (χ2v) is 10.8. The van der Waals surface area contributed by atoms with Crippen LogP contribution in [0.3, 0.4) is 0 Å². The molecule has 0 atom stereocenters. The molecule has 37 heavy (non-hydrogen) atoms. The third-order valence-corrected chi connectivity index (χ3v) is 8.68. The van der Waals surface area contributed by atoms with Crippen molar-refractivity contribution in [3.8, 4) is 11.5 Å². The van der Waals surface area contributed by atoms with Crippen LogP contribution in [0.4, 0.5) is 5.69 Å². The van der Waals surface area contributed by atoms with Crippen molar-refractivity contribution < 1.29 is 37.4 Å². The highest BCUT2D eigenvalue weighted by Crippen LogP contribution is 2.35. The summed E-state index contributed by atoms with van der Waals surface area (Å²) in [6.45, 7) is 1.26. The van der Waals surface area contributed by atoms with E-state index in [0.717, 1.165) is 11.4 Å². The van der Waals surface area contributed by atoms with E-state index >= 15 is 0 Å². The lowest BCUT2D eigenvalue weighted by atomic mass is 9.98. The van der Waals surface area contributed by atoms with E-state index in [1.54, 1.807) is 7.11 Å². The number of hydroxylamine groups is 1. The Morgan fingerprint density at radius 1 is 1.00 bits per heavy atom. The van der Waals surface area contributed by atoms with Crippen LogP contribution in [0.1, 0.15) is 25.7 Å². The highest BCUT2D eigenvalue weighted by molar-refractivity contribution is 7.93. The van der Waals surface area contributed by atoms with E-state index in [1.807, 2.05) is 24.3 Å². The van der Waals surface area contributed by atoms with Crippen molar-refractivity contribution in [1.82, 2.24) is 10.8 Å². The fourth-order valence-electron chi connectivity index (χ4n) is 3.96. The van der Waals surface area contributed by atoms with Crippen LogP contribution in [0, 0.1) is 0 Å². The van der Waals surface area contributed by atoms with Gasteiger partial charge in [0.2, 0.25) is 5.91 Å². The normalized spacial score (nSPS) is 14.9. The largest absolute Gasteiger partial charge is 0.497 e. The summed E-state index contributed by atoms with van der Waals surface area (Å²) in [5, 5.41) is 15.0. The number of ether oxygens (including phenoxy) is 3. The zero-order chi connectivity index (χ0) is 26.7. The van der Waals surface area contributed by atoms with Gasteiger partial charge in [0.05, 0.1) is 25.2 Å². The summed E-state index contributed by atoms with van der Waals surface area (Å²) in [6, 6.07) is 13.1. The molecule has 0 aliphatic carbocycles. The van der Waals surface area contributed by atoms with Gasteiger partial charge >= 0.3 is 0 Å². The molecule has 4 N–H and O–H groups in total. The van der Waals surface area contributed by atoms with Gasteiger partial charge in [-0.25, -0.2) is 13.9 Å². The predicted molar refractivity (Wildman–Crippen MR) is 136 cm³/mol. The molecule has 0 spiro atoms. The van der Waals surface area contributed by atoms with Gasteiger partial charge in [0.15, 0.2) is 14.6 Å². The lowest BCUT2D eigenvalue weighted by Gasteiger charge is -2.34. The standard InChI is InChI=1S/C25H33N3O8S/c1-34-20-6-4-19(5-7-20)27-18-23(29)26-14-2-3-15-36-21-8-10-22(11-9-21)37(32,33)25(24(30)28-31)12-16-35-17-13-25/h4-11,27,31H,2-3,12-18H2,1H3,(H,26,29)(H,28,30). The van der Waals surface area contributed by atoms with E-state index in [1.165, 1.54) is 29.7 Å². The number of carbonyl (C=O) groups is 2. The monoisotopic (exact) mass is 535 g/mol. The molecule has 0 radical (unpaired) electrons. The van der Waals surface area contributed by atoms with Crippen molar-refractivity contribution >= 4 is 27.3 Å². The number of carbonyl (C=O) groups excluding carboxylic acids is 2. The Morgan fingerprint density at radius 3 is 2.27 bits per heavy atom. The van der Waals surface area contributed by atoms with Gasteiger partial charge in [-0.15, -0.1) is 0 Å². The Balaban J connectivity index is 1.39. The van der Waals surface area contributed by atoms with Crippen LogP contribution in [0.5, 0.6) is 11.5 Å². The number of hydrogen-bond acceptors (Lipinski definition) is 9. The molecule has 1 aliphatic heterocycles. The van der Waals surface area contributed by atoms with Crippen molar-refractivity contribution in [3.05, 3.63) is 48.5 Å². The average Bonchev–Trinajstić information content (AvgIpc) is 2.94. The quantitative estimate of drug-likeness (QED) is 0.171. The van der Waals surface area contributed by atoms with Crippen LogP contribution < -0.4 is 25.6 Å². The van der Waals surface area contributed by atoms with Gasteiger partial charge in [0.25, 0.3) is 5.91 Å². The predicted octanol–water partition coefficient (Wildman–Crippen LogP) is 1.91. The first-order chi connectivity index (χ1) is 17.8. The van der Waals surface area contributed by atoms with Gasteiger partial charge in [-0.05, 0) is 74.2 Å². The minimum Gasteiger partial charge on any atom is -0.497 e. The molecule has 11 nitrogen and oxygen atoms in total. The van der Waals surface area contributed by atoms with Crippen molar-refractivity contribution in [3.63, 3.8) is 0 Å². The zero-order valence-corrected chi connectivity index (χ0v) is 21.5. The molecule has 1 fully saturated rings. The van der Waals surface area contributed by atoms with E-state index in [0.29, 0.717) is 31.7 Å². The van der Waals surface area contributed by atoms with Gasteiger partial charge in [0.1, 0.15) is 11.5 Å². The molecule has 1 aliphatic rings. The average molecular weight is 536 g/mol. The summed E-state index contributed by atoms with van der Waals surface area (Å²) in [4.78, 5) is 24.3. The Kier molecular flexibility index (Phi) is 10.1. The lowest BCUT2D eigenvalue weighted by molar-refractivity contribution is -0.134. The Bertz CT molecular complexity index is 1130. The van der Waals surface area contributed by atoms with E-state index in [-0.39, 0.29) is 43.4 Å². The molecule has 3 rings (SSSR count). The summed E-state index contributed by atoms with van der Waals surface area (Å²) in [6.07, 6.45) is 1.30. The fraction of sp³-hybridized carbons (Fsp3) is 0.440. The van der Waals surface area contributed by atoms with Crippen LogP contribution >= 0.6 is 0 Å². The minimum atomic E-state index is -4.08. The molecule has 2 amide bonds. The fourth-order valence-corrected chi connectivity index (χ4v) is 5.90. The zero-order valence-electron chi connectivity index (χ0n) is 20.7. The maximum absolute atomic E-state index is 13.2. The first-order valence-electron chi connectivity index (χ1n) is 12.0. The summed E-state index contributed by atoms with van der Waals surface area (Å²) in [5.41, 5.74) is 2.32. The second-order valence-electron chi connectivity index (χ2n) is 8.51. The molecular weight excluding hydrogens is 502 g/mol. The SMILES string of the molecule is COc1ccc(NCC(=O)NCCCCOc2ccc(S(=O)(=O)C3(C(=O)NO)CCOCC3)cc2)cc1. The third kappa shape index (κ3) is 7.12. The van der Waals surface area contributed by atoms with Gasteiger partial charge in [-0.3, -0.25) is 14.8 Å². The third-order valence-electron chi connectivity index (χ3n) is 6.17. The number of sulfone groups is 1. The number of unbranched alkanes of at least 4 members (excludes halogenated alkanes) is 1. The number of anilines is 1. The topological polar surface area (TPSA) is 152 Å². The smallest absolute Gasteiger partial charge is 0.265 e. The van der Waals surface area contributed by atoms with Crippen molar-refractivity contribution in [1.29, 1.82) is 0 Å². The van der Waals surface area contributed by atoms with Crippen molar-refractivity contribution in [2.24, 2.45) is 0 Å². The van der Waals surface area contributed by atoms with Crippen LogP contribution in [-0.2, 0) is 24.2 Å². The lowest BCUT2D eigenvalue weighted by Crippen LogP contribution is -2.54. The molecule has 2 aromatic carbocycles. The van der Waals surface area contributed by atoms with Gasteiger partial charge < -0.3 is 24.8 Å². The number of hydrogen-bond donors (Lipinski definition) is 4. The van der Waals surface area contributed by atoms with Crippen molar-refractivity contribution in [2.45, 2.75) is 35.3 Å². The molecule has 2 aromatic rings. The molecule has 12 heteroatoms. The van der Waals surface area contributed by atoms with E-state index in [4.69, 9.17) is 19.4 Å². The van der Waals surface area contributed by atoms with E-state index < -0.39 is 20.5 Å². The molecule has 1 heterocycles. The number of rotatable bonds is 13. The molecule has 0 saturated carbocycles. The molecular formula is C25H33N3O8S. The number of amides is 2. The van der Waals surface area contributed by atoms with Crippen LogP contribution in [0.15, 0.2) is 53.4 Å². The van der Waals surface area contributed by atoms with Gasteiger partial charge in [-0.1, -0.05) is 0 Å². The first kappa shape index (κ1) is 28.2.